The quantitative estimate of drug-likeness (QED) is 0.106. The van der Waals surface area contributed by atoms with Crippen molar-refractivity contribution in [3.8, 4) is 22.3 Å². The molecule has 2 aliphatic carbocycles. The van der Waals surface area contributed by atoms with Gasteiger partial charge in [-0.25, -0.2) is 0 Å². The van der Waals surface area contributed by atoms with Crippen LogP contribution in [0.5, 0.6) is 0 Å². The zero-order valence-electron chi connectivity index (χ0n) is 37.7. The van der Waals surface area contributed by atoms with Crippen molar-refractivity contribution < 1.29 is 23.8 Å². The molecule has 0 fully saturated rings. The Kier molecular flexibility index (Phi) is 9.74. The van der Waals surface area contributed by atoms with Gasteiger partial charge in [-0.2, -0.15) is 0 Å². The van der Waals surface area contributed by atoms with Gasteiger partial charge in [-0.3, -0.25) is 9.59 Å². The van der Waals surface area contributed by atoms with Crippen molar-refractivity contribution in [1.29, 1.82) is 0 Å². The smallest absolute Gasteiger partial charge is 0.252 e. The lowest BCUT2D eigenvalue weighted by Crippen LogP contribution is -2.13. The molecule has 0 spiro atoms. The maximum Gasteiger partial charge on any atom is 0.252 e. The Bertz CT molecular complexity index is 3100. The second kappa shape index (κ2) is 15.7. The third-order valence-electron chi connectivity index (χ3n) is 14.3. The van der Waals surface area contributed by atoms with Gasteiger partial charge in [-0.15, -0.1) is 0 Å². The zero-order valence-corrected chi connectivity index (χ0v) is 37.7. The van der Waals surface area contributed by atoms with E-state index in [1.807, 2.05) is 0 Å². The van der Waals surface area contributed by atoms with Gasteiger partial charge in [-0.1, -0.05) is 60.7 Å². The Morgan fingerprint density at radius 3 is 1.45 bits per heavy atom. The van der Waals surface area contributed by atoms with Crippen molar-refractivity contribution >= 4 is 55.4 Å². The number of ether oxygens (including phenoxy) is 3. The predicted molar refractivity (Wildman–Crippen MR) is 258 cm³/mol. The fraction of sp³-hybridized carbons (Fsp3) is 0.321. The van der Waals surface area contributed by atoms with E-state index in [0.717, 1.165) is 83.3 Å². The molecule has 328 valence electrons. The van der Waals surface area contributed by atoms with E-state index in [1.54, 1.807) is 0 Å². The van der Waals surface area contributed by atoms with Gasteiger partial charge in [0.2, 0.25) is 0 Å². The van der Waals surface area contributed by atoms with Crippen molar-refractivity contribution in [2.24, 2.45) is 0 Å². The van der Waals surface area contributed by atoms with Gasteiger partial charge in [0, 0.05) is 95.9 Å². The first kappa shape index (κ1) is 40.3. The highest BCUT2D eigenvalue weighted by atomic mass is 16.5. The lowest BCUT2D eigenvalue weighted by molar-refractivity contribution is 0.0656. The van der Waals surface area contributed by atoms with Crippen LogP contribution in [-0.2, 0) is 66.4 Å². The molecule has 65 heavy (non-hydrogen) atoms. The second-order valence-electron chi connectivity index (χ2n) is 18.9. The number of hydrogen-bond donors (Lipinski definition) is 2. The summed E-state index contributed by atoms with van der Waals surface area (Å²) in [5.41, 5.74) is 20.6. The molecule has 9 heteroatoms. The Labute approximate surface area is 378 Å². The van der Waals surface area contributed by atoms with E-state index in [2.05, 4.69) is 132 Å². The summed E-state index contributed by atoms with van der Waals surface area (Å²) >= 11 is 0. The molecule has 2 amide bonds. The highest BCUT2D eigenvalue weighted by Crippen LogP contribution is 2.50. The largest absolute Gasteiger partial charge is 0.381 e. The maximum absolute atomic E-state index is 13.6. The van der Waals surface area contributed by atoms with E-state index < -0.39 is 0 Å². The molecular weight excluding hydrogens is 809 g/mol. The Hall–Kier alpha value is -6.26. The number of nitrogens with one attached hydrogen (secondary N) is 2. The Balaban J connectivity index is 0.845. The van der Waals surface area contributed by atoms with Gasteiger partial charge in [0.1, 0.15) is 0 Å². The van der Waals surface area contributed by atoms with Crippen molar-refractivity contribution in [1.82, 2.24) is 19.8 Å². The summed E-state index contributed by atoms with van der Waals surface area (Å²) in [6, 6.07) is 30.6. The highest BCUT2D eigenvalue weighted by Gasteiger charge is 2.37. The highest BCUT2D eigenvalue weighted by molar-refractivity contribution is 6.21. The lowest BCUT2D eigenvalue weighted by atomic mass is 9.92. The third kappa shape index (κ3) is 6.38. The van der Waals surface area contributed by atoms with Gasteiger partial charge < -0.3 is 34.0 Å². The number of nitrogens with zero attached hydrogens (tertiary/aromatic N) is 2. The molecule has 2 aliphatic heterocycles. The number of hydrogen-bond acceptors (Lipinski definition) is 5. The van der Waals surface area contributed by atoms with Crippen LogP contribution in [0, 0.1) is 0 Å². The van der Waals surface area contributed by atoms with Gasteiger partial charge in [-0.05, 0) is 120 Å². The SMILES string of the molecule is CC(C)OCc1ccc2c(c1)c1c3c(c4c(c1n2CCCOCCCn1c2ccc(COC(C)C)cc2c2c5c(c6c(c21)Cc1ccccc1-6)C(=O)NC5)Cc1ccccc1-4)C(=O)NC3. The van der Waals surface area contributed by atoms with Crippen LogP contribution < -0.4 is 10.6 Å². The fourth-order valence-electron chi connectivity index (χ4n) is 11.6. The lowest BCUT2D eigenvalue weighted by Gasteiger charge is -2.15. The van der Waals surface area contributed by atoms with Crippen LogP contribution in [0.4, 0.5) is 0 Å². The predicted octanol–water partition coefficient (Wildman–Crippen LogP) is 10.9. The average Bonchev–Trinajstić information content (AvgIpc) is 4.16. The molecule has 0 bridgehead atoms. The molecule has 9 nitrogen and oxygen atoms in total. The van der Waals surface area contributed by atoms with Crippen LogP contribution in [0.15, 0.2) is 84.9 Å². The van der Waals surface area contributed by atoms with Crippen molar-refractivity contribution in [2.45, 2.75) is 105 Å². The minimum Gasteiger partial charge on any atom is -0.381 e. The van der Waals surface area contributed by atoms with E-state index in [1.165, 1.54) is 77.0 Å². The first-order valence-corrected chi connectivity index (χ1v) is 23.5. The molecule has 6 aromatic carbocycles. The van der Waals surface area contributed by atoms with Crippen molar-refractivity contribution in [3.63, 3.8) is 0 Å². The van der Waals surface area contributed by atoms with Gasteiger partial charge in [0.15, 0.2) is 0 Å². The minimum absolute atomic E-state index is 0.0239. The van der Waals surface area contributed by atoms with Crippen LogP contribution in [0.25, 0.3) is 65.9 Å². The molecule has 2 aromatic heterocycles. The summed E-state index contributed by atoms with van der Waals surface area (Å²) < 4.78 is 23.7. The Morgan fingerprint density at radius 2 is 1.00 bits per heavy atom. The van der Waals surface area contributed by atoms with Crippen LogP contribution in [0.3, 0.4) is 0 Å². The molecule has 0 radical (unpaired) electrons. The van der Waals surface area contributed by atoms with Gasteiger partial charge in [0.05, 0.1) is 47.6 Å². The number of rotatable bonds is 14. The molecular formula is C56H54N4O5. The number of carbonyl (C=O) groups excluding carboxylic acids is 2. The summed E-state index contributed by atoms with van der Waals surface area (Å²) in [6.07, 6.45) is 3.58. The molecule has 2 N–H and O–H groups in total. The summed E-state index contributed by atoms with van der Waals surface area (Å²) in [4.78, 5) is 27.2. The first-order chi connectivity index (χ1) is 31.7. The van der Waals surface area contributed by atoms with Gasteiger partial charge >= 0.3 is 0 Å². The minimum atomic E-state index is 0.0239. The number of fused-ring (bicyclic) bond motifs is 20. The standard InChI is InChI=1S/C56H54N4O5/c1-31(2)64-29-33-15-17-45-39(23-33)49-43-27-57-55(61)51(43)47-37-13-7-5-11-35(37)25-41(47)53(49)59(45)19-9-21-63-22-10-20-60-46-18-16-34(30-65-32(3)4)24-40(46)50-44-28-58-56(62)52(44)48-38-14-8-6-12-36(38)26-42(48)54(50)60/h5-8,11-18,23-24,31-32H,9-10,19-22,25-30H2,1-4H3,(H,57,61)(H,58,62). The van der Waals surface area contributed by atoms with E-state index >= 15 is 0 Å². The number of benzene rings is 6. The molecule has 0 saturated heterocycles. The topological polar surface area (TPSA) is 95.8 Å². The van der Waals surface area contributed by atoms with E-state index in [9.17, 15) is 9.59 Å². The summed E-state index contributed by atoms with van der Waals surface area (Å²) in [5, 5.41) is 11.1. The molecule has 4 aliphatic rings. The number of aryl methyl sites for hydroxylation is 2. The fourth-order valence-corrected chi connectivity index (χ4v) is 11.6. The van der Waals surface area contributed by atoms with E-state index in [0.29, 0.717) is 39.5 Å². The number of aromatic nitrogens is 2. The van der Waals surface area contributed by atoms with E-state index in [-0.39, 0.29) is 24.0 Å². The second-order valence-corrected chi connectivity index (χ2v) is 18.9. The van der Waals surface area contributed by atoms with Crippen LogP contribution >= 0.6 is 0 Å². The summed E-state index contributed by atoms with van der Waals surface area (Å²) in [7, 11) is 0. The average molecular weight is 863 g/mol. The number of carbonyl (C=O) groups is 2. The van der Waals surface area contributed by atoms with Gasteiger partial charge in [0.25, 0.3) is 11.8 Å². The van der Waals surface area contributed by atoms with Crippen molar-refractivity contribution in [3.05, 3.63) is 141 Å². The van der Waals surface area contributed by atoms with Crippen LogP contribution in [0.1, 0.15) is 106 Å². The molecule has 8 aromatic rings. The summed E-state index contributed by atoms with van der Waals surface area (Å²) in [6.45, 7) is 13.3. The first-order valence-electron chi connectivity index (χ1n) is 23.5. The summed E-state index contributed by atoms with van der Waals surface area (Å²) in [5.74, 6) is 0.0479. The monoisotopic (exact) mass is 862 g/mol. The molecule has 0 saturated carbocycles. The molecule has 4 heterocycles. The molecule has 0 atom stereocenters. The number of amides is 2. The Morgan fingerprint density at radius 1 is 0.554 bits per heavy atom. The zero-order chi connectivity index (χ0) is 44.1. The molecule has 0 unspecified atom stereocenters. The van der Waals surface area contributed by atoms with Crippen molar-refractivity contribution in [2.75, 3.05) is 13.2 Å². The normalized spacial score (nSPS) is 14.6. The van der Waals surface area contributed by atoms with Crippen LogP contribution in [-0.4, -0.2) is 46.4 Å². The van der Waals surface area contributed by atoms with E-state index in [4.69, 9.17) is 14.2 Å². The maximum atomic E-state index is 13.6. The molecule has 12 rings (SSSR count). The van der Waals surface area contributed by atoms with Crippen LogP contribution in [0.2, 0.25) is 0 Å². The third-order valence-corrected chi connectivity index (χ3v) is 14.3.